The maximum Gasteiger partial charge on any atom is 0.306 e. The number of hydrogen-bond donors (Lipinski definition) is 1. The molecule has 1 aromatic heterocycles. The number of carbonyl (C=O) groups is 2. The molecule has 3 rings (SSSR count). The number of rotatable bonds is 8. The first-order chi connectivity index (χ1) is 14.4. The van der Waals surface area contributed by atoms with Gasteiger partial charge in [0.2, 0.25) is 0 Å². The number of nitrogens with zero attached hydrogens (tertiary/aromatic N) is 2. The Labute approximate surface area is 169 Å². The third-order valence-electron chi connectivity index (χ3n) is 3.95. The number of benzene rings is 2. The first-order valence-electron chi connectivity index (χ1n) is 8.81. The lowest BCUT2D eigenvalue weighted by atomic mass is 10.2. The van der Waals surface area contributed by atoms with Crippen LogP contribution in [0, 0.1) is 15.9 Å². The molecule has 0 atom stereocenters. The number of halogens is 1. The Balaban J connectivity index is 1.42. The van der Waals surface area contributed by atoms with Crippen molar-refractivity contribution in [1.82, 2.24) is 4.98 Å². The number of hydrogen-bond acceptors (Lipinski definition) is 7. The molecule has 3 aromatic rings. The quantitative estimate of drug-likeness (QED) is 0.340. The summed E-state index contributed by atoms with van der Waals surface area (Å²) in [5.74, 6) is -0.802. The zero-order chi connectivity index (χ0) is 21.5. The van der Waals surface area contributed by atoms with Gasteiger partial charge in [0.15, 0.2) is 18.3 Å². The van der Waals surface area contributed by atoms with Gasteiger partial charge in [-0.2, -0.15) is 0 Å². The summed E-state index contributed by atoms with van der Waals surface area (Å²) >= 11 is 0. The van der Waals surface area contributed by atoms with Crippen molar-refractivity contribution in [3.63, 3.8) is 0 Å². The first kappa shape index (κ1) is 20.6. The van der Waals surface area contributed by atoms with E-state index in [0.29, 0.717) is 22.9 Å². The second-order valence-electron chi connectivity index (χ2n) is 6.14. The highest BCUT2D eigenvalue weighted by molar-refractivity contribution is 5.92. The number of ether oxygens (including phenoxy) is 1. The maximum atomic E-state index is 13.0. The van der Waals surface area contributed by atoms with Crippen LogP contribution in [0.5, 0.6) is 0 Å². The molecule has 154 valence electrons. The minimum Gasteiger partial charge on any atom is -0.456 e. The lowest BCUT2D eigenvalue weighted by molar-refractivity contribution is -0.384. The molecule has 0 radical (unpaired) electrons. The summed E-state index contributed by atoms with van der Waals surface area (Å²) in [4.78, 5) is 37.7. The molecule has 2 aromatic carbocycles. The van der Waals surface area contributed by atoms with E-state index in [1.54, 1.807) is 12.1 Å². The van der Waals surface area contributed by atoms with Crippen molar-refractivity contribution in [2.45, 2.75) is 12.8 Å². The Bertz CT molecular complexity index is 1050. The lowest BCUT2D eigenvalue weighted by Gasteiger charge is -2.06. The van der Waals surface area contributed by atoms with Crippen LogP contribution in [0.15, 0.2) is 59.1 Å². The zero-order valence-electron chi connectivity index (χ0n) is 15.5. The molecule has 0 spiro atoms. The van der Waals surface area contributed by atoms with E-state index in [1.807, 2.05) is 0 Å². The number of nitro benzene ring substituents is 1. The first-order valence-corrected chi connectivity index (χ1v) is 8.81. The van der Waals surface area contributed by atoms with Gasteiger partial charge in [-0.1, -0.05) is 0 Å². The van der Waals surface area contributed by atoms with E-state index in [9.17, 15) is 24.1 Å². The number of amides is 1. The fourth-order valence-electron chi connectivity index (χ4n) is 2.46. The SMILES string of the molecule is O=C(COC(=O)CCc1ncc(-c2ccc(F)cc2)o1)Nc1ccc([N+](=O)[O-])cc1. The van der Waals surface area contributed by atoms with E-state index in [2.05, 4.69) is 10.3 Å². The van der Waals surface area contributed by atoms with Crippen LogP contribution in [0.1, 0.15) is 12.3 Å². The average Bonchev–Trinajstić information content (AvgIpc) is 3.21. The molecule has 0 aliphatic heterocycles. The Morgan fingerprint density at radius 1 is 1.13 bits per heavy atom. The summed E-state index contributed by atoms with van der Waals surface area (Å²) in [5, 5.41) is 13.1. The van der Waals surface area contributed by atoms with Crippen LogP contribution in [0.4, 0.5) is 15.8 Å². The van der Waals surface area contributed by atoms with Crippen LogP contribution in [0.2, 0.25) is 0 Å². The summed E-state index contributed by atoms with van der Waals surface area (Å²) in [7, 11) is 0. The fourth-order valence-corrected chi connectivity index (χ4v) is 2.46. The van der Waals surface area contributed by atoms with Gasteiger partial charge in [-0.15, -0.1) is 0 Å². The smallest absolute Gasteiger partial charge is 0.306 e. The van der Waals surface area contributed by atoms with Gasteiger partial charge in [0.05, 0.1) is 17.5 Å². The third kappa shape index (κ3) is 5.71. The summed E-state index contributed by atoms with van der Waals surface area (Å²) in [6.07, 6.45) is 1.60. The van der Waals surface area contributed by atoms with Crippen LogP contribution < -0.4 is 5.32 Å². The topological polar surface area (TPSA) is 125 Å². The van der Waals surface area contributed by atoms with E-state index in [0.717, 1.165) is 0 Å². The molecule has 0 aliphatic carbocycles. The lowest BCUT2D eigenvalue weighted by Crippen LogP contribution is -2.21. The van der Waals surface area contributed by atoms with Gasteiger partial charge in [-0.05, 0) is 36.4 Å². The standard InChI is InChI=1S/C20H16FN3O6/c21-14-3-1-13(2-4-14)17-11-22-19(30-17)9-10-20(26)29-12-18(25)23-15-5-7-16(8-6-15)24(27)28/h1-8,11H,9-10,12H2,(H,23,25). The monoisotopic (exact) mass is 413 g/mol. The Kier molecular flexibility index (Phi) is 6.48. The normalized spacial score (nSPS) is 10.4. The number of nitro groups is 1. The van der Waals surface area contributed by atoms with Crippen molar-refractivity contribution < 1.29 is 28.1 Å². The van der Waals surface area contributed by atoms with E-state index in [4.69, 9.17) is 9.15 Å². The number of nitrogens with one attached hydrogen (secondary N) is 1. The molecule has 30 heavy (non-hydrogen) atoms. The van der Waals surface area contributed by atoms with Gasteiger partial charge in [0, 0.05) is 29.8 Å². The van der Waals surface area contributed by atoms with E-state index in [1.165, 1.54) is 42.6 Å². The van der Waals surface area contributed by atoms with Gasteiger partial charge in [-0.25, -0.2) is 9.37 Å². The molecule has 1 amide bonds. The fraction of sp³-hybridized carbons (Fsp3) is 0.150. The predicted molar refractivity (Wildman–Crippen MR) is 103 cm³/mol. The van der Waals surface area contributed by atoms with Gasteiger partial charge in [0.25, 0.3) is 11.6 Å². The summed E-state index contributed by atoms with van der Waals surface area (Å²) in [6, 6.07) is 11.0. The molecule has 1 heterocycles. The van der Waals surface area contributed by atoms with Crippen molar-refractivity contribution in [2.75, 3.05) is 11.9 Å². The van der Waals surface area contributed by atoms with E-state index >= 15 is 0 Å². The average molecular weight is 413 g/mol. The molecule has 0 saturated carbocycles. The molecule has 0 fully saturated rings. The van der Waals surface area contributed by atoms with Gasteiger partial charge in [-0.3, -0.25) is 19.7 Å². The summed E-state index contributed by atoms with van der Waals surface area (Å²) < 4.78 is 23.4. The number of aromatic nitrogens is 1. The minimum absolute atomic E-state index is 0.0474. The van der Waals surface area contributed by atoms with E-state index < -0.39 is 23.4 Å². The largest absolute Gasteiger partial charge is 0.456 e. The molecule has 0 bridgehead atoms. The van der Waals surface area contributed by atoms with Crippen LogP contribution in [0.3, 0.4) is 0 Å². The molecule has 9 nitrogen and oxygen atoms in total. The van der Waals surface area contributed by atoms with Crippen molar-refractivity contribution >= 4 is 23.3 Å². The number of oxazole rings is 1. The molecule has 0 aliphatic rings. The zero-order valence-corrected chi connectivity index (χ0v) is 15.5. The number of aryl methyl sites for hydroxylation is 1. The molecule has 0 unspecified atom stereocenters. The molecule has 10 heteroatoms. The second kappa shape index (κ2) is 9.41. The summed E-state index contributed by atoms with van der Waals surface area (Å²) in [5.41, 5.74) is 0.893. The maximum absolute atomic E-state index is 13.0. The van der Waals surface area contributed by atoms with Crippen molar-refractivity contribution in [3.8, 4) is 11.3 Å². The van der Waals surface area contributed by atoms with E-state index in [-0.39, 0.29) is 24.3 Å². The van der Waals surface area contributed by atoms with Crippen molar-refractivity contribution in [2.24, 2.45) is 0 Å². The Morgan fingerprint density at radius 3 is 2.50 bits per heavy atom. The van der Waals surface area contributed by atoms with Crippen LogP contribution in [-0.2, 0) is 20.7 Å². The van der Waals surface area contributed by atoms with Gasteiger partial charge >= 0.3 is 5.97 Å². The van der Waals surface area contributed by atoms with Crippen molar-refractivity contribution in [1.29, 1.82) is 0 Å². The number of non-ortho nitro benzene ring substituents is 1. The molecule has 0 saturated heterocycles. The summed E-state index contributed by atoms with van der Waals surface area (Å²) in [6.45, 7) is -0.498. The number of anilines is 1. The highest BCUT2D eigenvalue weighted by Crippen LogP contribution is 2.21. The Morgan fingerprint density at radius 2 is 1.83 bits per heavy atom. The van der Waals surface area contributed by atoms with Crippen LogP contribution in [0.25, 0.3) is 11.3 Å². The highest BCUT2D eigenvalue weighted by atomic mass is 19.1. The Hall–Kier alpha value is -4.08. The van der Waals surface area contributed by atoms with Gasteiger partial charge < -0.3 is 14.5 Å². The third-order valence-corrected chi connectivity index (χ3v) is 3.95. The molecule has 1 N–H and O–H groups in total. The molecular weight excluding hydrogens is 397 g/mol. The molecular formula is C20H16FN3O6. The highest BCUT2D eigenvalue weighted by Gasteiger charge is 2.12. The van der Waals surface area contributed by atoms with Gasteiger partial charge in [0.1, 0.15) is 5.82 Å². The second-order valence-corrected chi connectivity index (χ2v) is 6.14. The predicted octanol–water partition coefficient (Wildman–Crippen LogP) is 3.50. The van der Waals surface area contributed by atoms with Crippen LogP contribution in [-0.4, -0.2) is 28.4 Å². The minimum atomic E-state index is -0.615. The van der Waals surface area contributed by atoms with Crippen LogP contribution >= 0.6 is 0 Å². The number of carbonyl (C=O) groups excluding carboxylic acids is 2. The van der Waals surface area contributed by atoms with Crippen molar-refractivity contribution in [3.05, 3.63) is 76.6 Å². The number of esters is 1.